The molecule has 4 rings (SSSR count). The number of hydrogen-bond donors (Lipinski definition) is 0. The topological polar surface area (TPSA) is 60.2 Å². The fraction of sp³-hybridized carbons (Fsp3) is 0.409. The maximum Gasteiger partial charge on any atom is 0.257 e. The van der Waals surface area contributed by atoms with E-state index in [1.165, 1.54) is 6.42 Å². The maximum absolute atomic E-state index is 13.3. The molecule has 2 aromatic heterocycles. The van der Waals surface area contributed by atoms with Gasteiger partial charge in [0.05, 0.1) is 34.5 Å². The quantitative estimate of drug-likeness (QED) is 0.617. The number of pyridine rings is 1. The van der Waals surface area contributed by atoms with Gasteiger partial charge in [-0.3, -0.25) is 4.79 Å². The van der Waals surface area contributed by atoms with E-state index in [1.54, 1.807) is 18.0 Å². The molecule has 1 aliphatic rings. The molecule has 3 aromatic rings. The number of fused-ring (bicyclic) bond motifs is 1. The number of carbonyl (C=O) groups excluding carboxylic acids is 1. The Morgan fingerprint density at radius 3 is 2.72 bits per heavy atom. The molecule has 0 unspecified atom stereocenters. The third kappa shape index (κ3) is 3.46. The smallest absolute Gasteiger partial charge is 0.257 e. The highest BCUT2D eigenvalue weighted by molar-refractivity contribution is 6.38. The number of amides is 1. The second-order valence-electron chi connectivity index (χ2n) is 7.44. The first-order chi connectivity index (χ1) is 14.0. The molecule has 3 heterocycles. The minimum atomic E-state index is -0.0347. The lowest BCUT2D eigenvalue weighted by molar-refractivity contribution is 0.0608. The number of nitrogens with zero attached hydrogens (tertiary/aromatic N) is 4. The van der Waals surface area contributed by atoms with E-state index in [0.29, 0.717) is 16.2 Å². The molecule has 1 fully saturated rings. The van der Waals surface area contributed by atoms with E-state index in [0.717, 1.165) is 48.3 Å². The van der Waals surface area contributed by atoms with Crippen molar-refractivity contribution in [2.75, 3.05) is 13.7 Å². The molecule has 1 saturated heterocycles. The fourth-order valence-corrected chi connectivity index (χ4v) is 4.46. The van der Waals surface area contributed by atoms with Crippen molar-refractivity contribution in [2.45, 2.75) is 45.6 Å². The van der Waals surface area contributed by atoms with Crippen LogP contribution < -0.4 is 4.74 Å². The predicted octanol–water partition coefficient (Wildman–Crippen LogP) is 4.80. The summed E-state index contributed by atoms with van der Waals surface area (Å²) >= 11 is 6.74. The first-order valence-electron chi connectivity index (χ1n) is 10.0. The second kappa shape index (κ2) is 8.03. The Morgan fingerprint density at radius 2 is 2.03 bits per heavy atom. The number of aryl methyl sites for hydroxylation is 1. The lowest BCUT2D eigenvalue weighted by atomic mass is 9.99. The van der Waals surface area contributed by atoms with Crippen LogP contribution in [0.3, 0.4) is 0 Å². The lowest BCUT2D eigenvalue weighted by Gasteiger charge is -2.35. The van der Waals surface area contributed by atoms with Gasteiger partial charge in [-0.25, -0.2) is 9.67 Å². The fourth-order valence-electron chi connectivity index (χ4n) is 4.11. The summed E-state index contributed by atoms with van der Waals surface area (Å²) in [6.07, 6.45) is 5.79. The molecular weight excluding hydrogens is 388 g/mol. The van der Waals surface area contributed by atoms with Crippen molar-refractivity contribution in [1.29, 1.82) is 0 Å². The van der Waals surface area contributed by atoms with Crippen molar-refractivity contribution >= 4 is 28.5 Å². The Morgan fingerprint density at radius 1 is 1.28 bits per heavy atom. The van der Waals surface area contributed by atoms with E-state index in [9.17, 15) is 4.79 Å². The number of halogens is 1. The molecule has 1 amide bonds. The van der Waals surface area contributed by atoms with Crippen LogP contribution in [-0.4, -0.2) is 45.3 Å². The Hall–Kier alpha value is -2.60. The summed E-state index contributed by atoms with van der Waals surface area (Å²) in [5.74, 6) is 0.736. The summed E-state index contributed by atoms with van der Waals surface area (Å²) in [6, 6.07) is 7.85. The highest BCUT2D eigenvalue weighted by Gasteiger charge is 2.29. The van der Waals surface area contributed by atoms with E-state index < -0.39 is 0 Å². The maximum atomic E-state index is 13.3. The van der Waals surface area contributed by atoms with Crippen LogP contribution >= 0.6 is 11.6 Å². The van der Waals surface area contributed by atoms with Crippen molar-refractivity contribution in [2.24, 2.45) is 0 Å². The number of carbonyl (C=O) groups is 1. The Kier molecular flexibility index (Phi) is 5.46. The summed E-state index contributed by atoms with van der Waals surface area (Å²) in [4.78, 5) is 19.8. The van der Waals surface area contributed by atoms with Crippen LogP contribution in [0.25, 0.3) is 16.7 Å². The van der Waals surface area contributed by atoms with Crippen molar-refractivity contribution in [3.05, 3.63) is 46.7 Å². The molecule has 1 aromatic carbocycles. The van der Waals surface area contributed by atoms with E-state index in [-0.39, 0.29) is 11.9 Å². The van der Waals surface area contributed by atoms with Crippen molar-refractivity contribution in [1.82, 2.24) is 19.7 Å². The van der Waals surface area contributed by atoms with Gasteiger partial charge in [-0.1, -0.05) is 18.5 Å². The van der Waals surface area contributed by atoms with E-state index >= 15 is 0 Å². The summed E-state index contributed by atoms with van der Waals surface area (Å²) in [5.41, 5.74) is 2.69. The summed E-state index contributed by atoms with van der Waals surface area (Å²) in [6.45, 7) is 4.79. The minimum Gasteiger partial charge on any atom is -0.497 e. The Labute approximate surface area is 175 Å². The molecule has 1 aliphatic heterocycles. The van der Waals surface area contributed by atoms with Gasteiger partial charge in [0.25, 0.3) is 5.91 Å². The van der Waals surface area contributed by atoms with Crippen LogP contribution in [0.5, 0.6) is 5.75 Å². The third-order valence-corrected chi connectivity index (χ3v) is 6.11. The minimum absolute atomic E-state index is 0.0347. The highest BCUT2D eigenvalue weighted by Crippen LogP contribution is 2.32. The summed E-state index contributed by atoms with van der Waals surface area (Å²) < 4.78 is 6.98. The molecule has 1 atom stereocenters. The van der Waals surface area contributed by atoms with Gasteiger partial charge >= 0.3 is 0 Å². The standard InChI is InChI=1S/C22H25ClN4O2/c1-4-15-7-5-6-12-26(15)22(28)18-13-24-21-19(20(18)23)14(2)25-27(21)16-8-10-17(29-3)11-9-16/h8-11,13,15H,4-7,12H2,1-3H3/t15-/m0/s1. The number of piperidine rings is 1. The van der Waals surface area contributed by atoms with Gasteiger partial charge in [-0.2, -0.15) is 5.10 Å². The average molecular weight is 413 g/mol. The Bertz CT molecular complexity index is 1050. The van der Waals surface area contributed by atoms with Gasteiger partial charge in [0.15, 0.2) is 5.65 Å². The van der Waals surface area contributed by atoms with Gasteiger partial charge < -0.3 is 9.64 Å². The van der Waals surface area contributed by atoms with E-state index in [2.05, 4.69) is 17.0 Å². The first kappa shape index (κ1) is 19.7. The third-order valence-electron chi connectivity index (χ3n) is 5.71. The molecule has 152 valence electrons. The zero-order valence-electron chi connectivity index (χ0n) is 17.0. The molecule has 0 spiro atoms. The number of methoxy groups -OCH3 is 1. The van der Waals surface area contributed by atoms with Gasteiger partial charge in [-0.05, 0) is 56.9 Å². The van der Waals surface area contributed by atoms with Crippen LogP contribution in [0, 0.1) is 6.92 Å². The number of ether oxygens (including phenoxy) is 1. The van der Waals surface area contributed by atoms with Crippen LogP contribution in [0.15, 0.2) is 30.5 Å². The second-order valence-corrected chi connectivity index (χ2v) is 7.81. The first-order valence-corrected chi connectivity index (χ1v) is 10.4. The molecule has 0 N–H and O–H groups in total. The molecular formula is C22H25ClN4O2. The zero-order valence-corrected chi connectivity index (χ0v) is 17.7. The van der Waals surface area contributed by atoms with Crippen LogP contribution in [-0.2, 0) is 0 Å². The average Bonchev–Trinajstić information content (AvgIpc) is 3.10. The molecule has 0 aliphatic carbocycles. The Balaban J connectivity index is 1.76. The molecule has 0 radical (unpaired) electrons. The van der Waals surface area contributed by atoms with Gasteiger partial charge in [0.2, 0.25) is 0 Å². The van der Waals surface area contributed by atoms with Crippen LogP contribution in [0.1, 0.15) is 48.7 Å². The van der Waals surface area contributed by atoms with Crippen molar-refractivity contribution < 1.29 is 9.53 Å². The molecule has 29 heavy (non-hydrogen) atoms. The van der Waals surface area contributed by atoms with Gasteiger partial charge in [-0.15, -0.1) is 0 Å². The zero-order chi connectivity index (χ0) is 20.5. The lowest BCUT2D eigenvalue weighted by Crippen LogP contribution is -2.43. The van der Waals surface area contributed by atoms with Gasteiger partial charge in [0.1, 0.15) is 5.75 Å². The van der Waals surface area contributed by atoms with Crippen molar-refractivity contribution in [3.63, 3.8) is 0 Å². The number of aromatic nitrogens is 3. The SMILES string of the molecule is CC[C@H]1CCCCN1C(=O)c1cnc2c(c(C)nn2-c2ccc(OC)cc2)c1Cl. The van der Waals surface area contributed by atoms with Crippen molar-refractivity contribution in [3.8, 4) is 11.4 Å². The molecule has 7 heteroatoms. The molecule has 0 bridgehead atoms. The van der Waals surface area contributed by atoms with Crippen LogP contribution in [0.4, 0.5) is 0 Å². The normalized spacial score (nSPS) is 17.0. The van der Waals surface area contributed by atoms with E-state index in [1.807, 2.05) is 36.1 Å². The van der Waals surface area contributed by atoms with E-state index in [4.69, 9.17) is 16.3 Å². The van der Waals surface area contributed by atoms with Gasteiger partial charge in [0, 0.05) is 18.8 Å². The number of likely N-dealkylation sites (tertiary alicyclic amines) is 1. The highest BCUT2D eigenvalue weighted by atomic mass is 35.5. The molecule has 0 saturated carbocycles. The number of benzene rings is 1. The summed E-state index contributed by atoms with van der Waals surface area (Å²) in [5, 5.41) is 5.77. The predicted molar refractivity (Wildman–Crippen MR) is 114 cm³/mol. The largest absolute Gasteiger partial charge is 0.497 e. The van der Waals surface area contributed by atoms with Crippen LogP contribution in [0.2, 0.25) is 5.02 Å². The summed E-state index contributed by atoms with van der Waals surface area (Å²) in [7, 11) is 1.63. The number of hydrogen-bond acceptors (Lipinski definition) is 4. The monoisotopic (exact) mass is 412 g/mol. The number of rotatable bonds is 4. The molecule has 6 nitrogen and oxygen atoms in total.